The summed E-state index contributed by atoms with van der Waals surface area (Å²) in [6.07, 6.45) is 1.73. The zero-order valence-electron chi connectivity index (χ0n) is 11.1. The van der Waals surface area contributed by atoms with Gasteiger partial charge in [-0.05, 0) is 24.6 Å². The van der Waals surface area contributed by atoms with Crippen molar-refractivity contribution in [3.63, 3.8) is 0 Å². The zero-order chi connectivity index (χ0) is 13.7. The molecule has 0 aliphatic carbocycles. The van der Waals surface area contributed by atoms with E-state index in [1.54, 1.807) is 25.4 Å². The third kappa shape index (κ3) is 3.03. The van der Waals surface area contributed by atoms with Crippen LogP contribution in [0, 0.1) is 0 Å². The van der Waals surface area contributed by atoms with E-state index in [1.807, 2.05) is 37.3 Å². The van der Waals surface area contributed by atoms with Crippen LogP contribution in [0.1, 0.15) is 23.0 Å². The number of aromatic nitrogens is 1. The van der Waals surface area contributed by atoms with Gasteiger partial charge >= 0.3 is 0 Å². The van der Waals surface area contributed by atoms with Gasteiger partial charge in [-0.2, -0.15) is 0 Å². The summed E-state index contributed by atoms with van der Waals surface area (Å²) in [7, 11) is 1.63. The van der Waals surface area contributed by atoms with Crippen LogP contribution in [0.5, 0.6) is 0 Å². The summed E-state index contributed by atoms with van der Waals surface area (Å²) in [5, 5.41) is 3.02. The highest BCUT2D eigenvalue weighted by molar-refractivity contribution is 5.93. The normalized spacial score (nSPS) is 13.8. The zero-order valence-corrected chi connectivity index (χ0v) is 11.1. The number of nitrogens with one attached hydrogen (secondary N) is 2. The fourth-order valence-electron chi connectivity index (χ4n) is 2.08. The topological polar surface area (TPSA) is 54.1 Å². The fourth-order valence-corrected chi connectivity index (χ4v) is 2.08. The van der Waals surface area contributed by atoms with E-state index >= 15 is 0 Å². The summed E-state index contributed by atoms with van der Waals surface area (Å²) < 4.78 is 5.25. The van der Waals surface area contributed by atoms with E-state index in [2.05, 4.69) is 10.3 Å². The maximum atomic E-state index is 12.2. The molecule has 2 rings (SSSR count). The fraction of sp³-hybridized carbons (Fsp3) is 0.267. The first-order valence-corrected chi connectivity index (χ1v) is 6.16. The molecule has 0 spiro atoms. The molecule has 1 amide bonds. The first-order valence-electron chi connectivity index (χ1n) is 6.16. The highest BCUT2D eigenvalue weighted by Gasteiger charge is 2.29. The van der Waals surface area contributed by atoms with Crippen LogP contribution in [-0.4, -0.2) is 24.6 Å². The number of aromatic amines is 1. The summed E-state index contributed by atoms with van der Waals surface area (Å²) in [4.78, 5) is 15.1. The quantitative estimate of drug-likeness (QED) is 0.864. The van der Waals surface area contributed by atoms with E-state index < -0.39 is 5.54 Å². The monoisotopic (exact) mass is 258 g/mol. The van der Waals surface area contributed by atoms with Crippen molar-refractivity contribution in [3.05, 3.63) is 59.9 Å². The van der Waals surface area contributed by atoms with Gasteiger partial charge in [0.1, 0.15) is 5.69 Å². The Bertz CT molecular complexity index is 522. The van der Waals surface area contributed by atoms with E-state index in [4.69, 9.17) is 4.74 Å². The molecule has 1 aromatic carbocycles. The minimum atomic E-state index is -0.557. The van der Waals surface area contributed by atoms with Gasteiger partial charge in [-0.3, -0.25) is 4.79 Å². The van der Waals surface area contributed by atoms with Crippen molar-refractivity contribution in [2.75, 3.05) is 13.7 Å². The number of hydrogen-bond acceptors (Lipinski definition) is 2. The van der Waals surface area contributed by atoms with Gasteiger partial charge in [0.2, 0.25) is 0 Å². The number of methoxy groups -OCH3 is 1. The maximum Gasteiger partial charge on any atom is 0.268 e. The van der Waals surface area contributed by atoms with Gasteiger partial charge in [0, 0.05) is 13.3 Å². The molecule has 4 heteroatoms. The van der Waals surface area contributed by atoms with E-state index in [0.29, 0.717) is 12.3 Å². The van der Waals surface area contributed by atoms with Crippen molar-refractivity contribution in [3.8, 4) is 0 Å². The van der Waals surface area contributed by atoms with Crippen LogP contribution in [-0.2, 0) is 10.3 Å². The van der Waals surface area contributed by atoms with Crippen LogP contribution in [0.2, 0.25) is 0 Å². The van der Waals surface area contributed by atoms with Gasteiger partial charge in [-0.1, -0.05) is 30.3 Å². The predicted molar refractivity (Wildman–Crippen MR) is 73.9 cm³/mol. The molecule has 0 fully saturated rings. The molecular formula is C15H18N2O2. The van der Waals surface area contributed by atoms with Crippen molar-refractivity contribution in [1.29, 1.82) is 0 Å². The lowest BCUT2D eigenvalue weighted by molar-refractivity contribution is 0.0782. The second kappa shape index (κ2) is 5.71. The van der Waals surface area contributed by atoms with Crippen LogP contribution in [0.15, 0.2) is 48.7 Å². The second-order valence-electron chi connectivity index (χ2n) is 4.67. The van der Waals surface area contributed by atoms with Crippen LogP contribution in [0.25, 0.3) is 0 Å². The lowest BCUT2D eigenvalue weighted by atomic mass is 9.92. The molecular weight excluding hydrogens is 240 g/mol. The Kier molecular flexibility index (Phi) is 4.02. The molecule has 0 aliphatic rings. The summed E-state index contributed by atoms with van der Waals surface area (Å²) in [6.45, 7) is 2.36. The van der Waals surface area contributed by atoms with Gasteiger partial charge in [-0.25, -0.2) is 0 Å². The lowest BCUT2D eigenvalue weighted by Gasteiger charge is -2.30. The molecule has 0 saturated heterocycles. The SMILES string of the molecule is COCC(C)(NC(=O)c1ccc[nH]1)c1ccccc1. The van der Waals surface area contributed by atoms with Crippen LogP contribution < -0.4 is 5.32 Å². The summed E-state index contributed by atoms with van der Waals surface area (Å²) in [5.41, 5.74) is 0.994. The molecule has 1 aromatic heterocycles. The molecule has 0 radical (unpaired) electrons. The van der Waals surface area contributed by atoms with Gasteiger partial charge in [0.05, 0.1) is 12.1 Å². The first kappa shape index (κ1) is 13.4. The molecule has 100 valence electrons. The molecule has 1 heterocycles. The molecule has 0 aliphatic heterocycles. The highest BCUT2D eigenvalue weighted by atomic mass is 16.5. The number of carbonyl (C=O) groups is 1. The minimum absolute atomic E-state index is 0.145. The van der Waals surface area contributed by atoms with Gasteiger partial charge < -0.3 is 15.0 Å². The Balaban J connectivity index is 2.23. The first-order chi connectivity index (χ1) is 9.15. The highest BCUT2D eigenvalue weighted by Crippen LogP contribution is 2.21. The average molecular weight is 258 g/mol. The molecule has 19 heavy (non-hydrogen) atoms. The summed E-state index contributed by atoms with van der Waals surface area (Å²) in [6, 6.07) is 13.3. The number of ether oxygens (including phenoxy) is 1. The Morgan fingerprint density at radius 3 is 2.58 bits per heavy atom. The van der Waals surface area contributed by atoms with Gasteiger partial charge in [-0.15, -0.1) is 0 Å². The predicted octanol–water partition coefficient (Wildman–Crippen LogP) is 2.31. The Labute approximate surface area is 112 Å². The van der Waals surface area contributed by atoms with Crippen LogP contribution in [0.4, 0.5) is 0 Å². The number of carbonyl (C=O) groups excluding carboxylic acids is 1. The molecule has 0 saturated carbocycles. The van der Waals surface area contributed by atoms with E-state index in [0.717, 1.165) is 5.56 Å². The van der Waals surface area contributed by atoms with Gasteiger partial charge in [0.15, 0.2) is 0 Å². The van der Waals surface area contributed by atoms with Crippen LogP contribution >= 0.6 is 0 Å². The average Bonchev–Trinajstić information content (AvgIpc) is 2.94. The molecule has 0 bridgehead atoms. The number of benzene rings is 1. The van der Waals surface area contributed by atoms with E-state index in [9.17, 15) is 4.79 Å². The molecule has 2 N–H and O–H groups in total. The molecule has 1 atom stereocenters. The number of amides is 1. The molecule has 4 nitrogen and oxygen atoms in total. The minimum Gasteiger partial charge on any atom is -0.382 e. The summed E-state index contributed by atoms with van der Waals surface area (Å²) in [5.74, 6) is -0.145. The molecule has 1 unspecified atom stereocenters. The number of rotatable bonds is 5. The van der Waals surface area contributed by atoms with Crippen molar-refractivity contribution >= 4 is 5.91 Å². The van der Waals surface area contributed by atoms with Gasteiger partial charge in [0.25, 0.3) is 5.91 Å². The maximum absolute atomic E-state index is 12.2. The Morgan fingerprint density at radius 1 is 1.26 bits per heavy atom. The smallest absolute Gasteiger partial charge is 0.268 e. The second-order valence-corrected chi connectivity index (χ2v) is 4.67. The molecule has 2 aromatic rings. The Hall–Kier alpha value is -2.07. The number of hydrogen-bond donors (Lipinski definition) is 2. The largest absolute Gasteiger partial charge is 0.382 e. The lowest BCUT2D eigenvalue weighted by Crippen LogP contribution is -2.46. The van der Waals surface area contributed by atoms with Crippen molar-refractivity contribution in [2.45, 2.75) is 12.5 Å². The van der Waals surface area contributed by atoms with Crippen molar-refractivity contribution in [1.82, 2.24) is 10.3 Å². The standard InChI is InChI=1S/C15H18N2O2/c1-15(11-19-2,12-7-4-3-5-8-12)17-14(18)13-9-6-10-16-13/h3-10,16H,11H2,1-2H3,(H,17,18). The van der Waals surface area contributed by atoms with Crippen molar-refractivity contribution in [2.24, 2.45) is 0 Å². The van der Waals surface area contributed by atoms with Crippen LogP contribution in [0.3, 0.4) is 0 Å². The third-order valence-electron chi connectivity index (χ3n) is 3.08. The number of H-pyrrole nitrogens is 1. The van der Waals surface area contributed by atoms with E-state index in [1.165, 1.54) is 0 Å². The third-order valence-corrected chi connectivity index (χ3v) is 3.08. The van der Waals surface area contributed by atoms with Crippen molar-refractivity contribution < 1.29 is 9.53 Å². The van der Waals surface area contributed by atoms with E-state index in [-0.39, 0.29) is 5.91 Å². The Morgan fingerprint density at radius 2 is 2.00 bits per heavy atom. The summed E-state index contributed by atoms with van der Waals surface area (Å²) >= 11 is 0.